The van der Waals surface area contributed by atoms with E-state index in [0.717, 1.165) is 10.9 Å². The molecule has 1 heterocycles. The molecule has 0 saturated carbocycles. The van der Waals surface area contributed by atoms with Crippen molar-refractivity contribution >= 4 is 45.5 Å². The molecule has 0 N–H and O–H groups in total. The number of rotatable bonds is 2. The van der Waals surface area contributed by atoms with Crippen molar-refractivity contribution in [1.82, 2.24) is 3.96 Å². The fourth-order valence-corrected chi connectivity index (χ4v) is 3.31. The van der Waals surface area contributed by atoms with Crippen molar-refractivity contribution in [2.75, 3.05) is 0 Å². The molecule has 2 nitrogen and oxygen atoms in total. The van der Waals surface area contributed by atoms with E-state index in [0.29, 0.717) is 10.9 Å². The van der Waals surface area contributed by atoms with E-state index in [1.54, 1.807) is 3.96 Å². The maximum atomic E-state index is 11.8. The summed E-state index contributed by atoms with van der Waals surface area (Å²) in [5.74, 6) is 0. The van der Waals surface area contributed by atoms with E-state index in [9.17, 15) is 4.79 Å². The van der Waals surface area contributed by atoms with E-state index in [-0.39, 0.29) is 10.6 Å². The van der Waals surface area contributed by atoms with Gasteiger partial charge in [-0.05, 0) is 33.9 Å². The molecule has 0 radical (unpaired) electrons. The second-order valence-corrected chi connectivity index (χ2v) is 6.21. The van der Waals surface area contributed by atoms with Gasteiger partial charge < -0.3 is 0 Å². The van der Waals surface area contributed by atoms with Crippen LogP contribution in [0.15, 0.2) is 47.3 Å². The molecule has 19 heavy (non-hydrogen) atoms. The molecule has 5 heteroatoms. The first kappa shape index (κ1) is 12.7. The number of nitrogens with zero attached hydrogens (tertiary/aromatic N) is 1. The zero-order chi connectivity index (χ0) is 13.4. The zero-order valence-electron chi connectivity index (χ0n) is 9.77. The zero-order valence-corrected chi connectivity index (χ0v) is 12.1. The summed E-state index contributed by atoms with van der Waals surface area (Å²) in [7, 11) is 0. The molecule has 0 aliphatic rings. The van der Waals surface area contributed by atoms with Crippen LogP contribution in [0.4, 0.5) is 0 Å². The number of hydrogen-bond donors (Lipinski definition) is 0. The predicted molar refractivity (Wildman–Crippen MR) is 81.6 cm³/mol. The molecule has 3 aromatic rings. The maximum absolute atomic E-state index is 11.8. The fourth-order valence-electron chi connectivity index (χ4n) is 1.98. The number of benzene rings is 2. The normalized spacial score (nSPS) is 11.1. The monoisotopic (exact) mass is 309 g/mol. The Bertz CT molecular complexity index is 807. The van der Waals surface area contributed by atoms with E-state index < -0.39 is 0 Å². The molecule has 0 bridgehead atoms. The van der Waals surface area contributed by atoms with Gasteiger partial charge in [0.2, 0.25) is 0 Å². The summed E-state index contributed by atoms with van der Waals surface area (Å²) in [6.07, 6.45) is 0. The van der Waals surface area contributed by atoms with Gasteiger partial charge in [0.1, 0.15) is 9.36 Å². The van der Waals surface area contributed by atoms with Crippen molar-refractivity contribution in [3.8, 4) is 0 Å². The summed E-state index contributed by atoms with van der Waals surface area (Å²) in [5, 5.41) is 2.44. The Kier molecular flexibility index (Phi) is 3.35. The Balaban J connectivity index is 2.01. The van der Waals surface area contributed by atoms with Crippen LogP contribution in [0.3, 0.4) is 0 Å². The molecule has 0 saturated heterocycles. The van der Waals surface area contributed by atoms with Gasteiger partial charge in [0.05, 0.1) is 6.54 Å². The molecule has 0 atom stereocenters. The second kappa shape index (κ2) is 5.00. The molecular weight excluding hydrogens is 301 g/mol. The summed E-state index contributed by atoms with van der Waals surface area (Å²) in [6.45, 7) is 0.487. The molecule has 2 aromatic carbocycles. The van der Waals surface area contributed by atoms with Crippen molar-refractivity contribution in [1.29, 1.82) is 0 Å². The van der Waals surface area contributed by atoms with Crippen molar-refractivity contribution < 1.29 is 0 Å². The van der Waals surface area contributed by atoms with E-state index in [4.69, 9.17) is 23.2 Å². The third-order valence-corrected chi connectivity index (χ3v) is 4.75. The Morgan fingerprint density at radius 1 is 1.05 bits per heavy atom. The molecule has 0 fully saturated rings. The quantitative estimate of drug-likeness (QED) is 0.687. The highest BCUT2D eigenvalue weighted by Crippen LogP contribution is 2.24. The first-order valence-corrected chi connectivity index (χ1v) is 7.21. The van der Waals surface area contributed by atoms with Crippen LogP contribution in [-0.2, 0) is 6.54 Å². The van der Waals surface area contributed by atoms with Crippen molar-refractivity contribution in [3.05, 3.63) is 67.7 Å². The molecule has 0 aliphatic heterocycles. The van der Waals surface area contributed by atoms with Gasteiger partial charge >= 0.3 is 0 Å². The minimum absolute atomic E-state index is 0.104. The van der Waals surface area contributed by atoms with Crippen LogP contribution in [0.2, 0.25) is 9.36 Å². The molecule has 96 valence electrons. The highest BCUT2D eigenvalue weighted by atomic mass is 35.5. The van der Waals surface area contributed by atoms with Crippen molar-refractivity contribution in [2.45, 2.75) is 6.54 Å². The molecule has 0 amide bonds. The van der Waals surface area contributed by atoms with E-state index >= 15 is 0 Å². The lowest BCUT2D eigenvalue weighted by Crippen LogP contribution is -2.13. The smallest absolute Gasteiger partial charge is 0.267 e. The Morgan fingerprint density at radius 2 is 1.79 bits per heavy atom. The highest BCUT2D eigenvalue weighted by Gasteiger charge is 2.11. The third kappa shape index (κ3) is 2.41. The number of halogens is 2. The fraction of sp³-hybridized carbons (Fsp3) is 0.0714. The van der Waals surface area contributed by atoms with Gasteiger partial charge in [0, 0.05) is 0 Å². The van der Waals surface area contributed by atoms with E-state index in [1.807, 2.05) is 24.3 Å². The topological polar surface area (TPSA) is 22.0 Å². The second-order valence-electron chi connectivity index (χ2n) is 4.20. The average molecular weight is 310 g/mol. The van der Waals surface area contributed by atoms with Crippen LogP contribution in [-0.4, -0.2) is 3.96 Å². The molecule has 0 spiro atoms. The SMILES string of the molecule is O=c1c(Cl)c(Cl)sn1Cc1ccc2ccccc2c1. The van der Waals surface area contributed by atoms with Gasteiger partial charge in [-0.1, -0.05) is 59.6 Å². The lowest BCUT2D eigenvalue weighted by Gasteiger charge is -2.03. The standard InChI is InChI=1S/C14H9Cl2NOS/c15-12-13(16)19-17(14(12)18)8-9-5-6-10-3-1-2-4-11(10)7-9/h1-7H,8H2. The molecule has 1 aromatic heterocycles. The van der Waals surface area contributed by atoms with Gasteiger partial charge in [0.15, 0.2) is 0 Å². The van der Waals surface area contributed by atoms with Crippen LogP contribution in [0.5, 0.6) is 0 Å². The lowest BCUT2D eigenvalue weighted by molar-refractivity contribution is 0.851. The molecule has 0 aliphatic carbocycles. The predicted octanol–water partition coefficient (Wildman–Crippen LogP) is 4.42. The lowest BCUT2D eigenvalue weighted by atomic mass is 10.1. The van der Waals surface area contributed by atoms with Crippen LogP contribution in [0.25, 0.3) is 10.8 Å². The van der Waals surface area contributed by atoms with Gasteiger partial charge in [-0.25, -0.2) is 0 Å². The summed E-state index contributed by atoms with van der Waals surface area (Å²) in [4.78, 5) is 11.8. The molecule has 3 rings (SSSR count). The minimum atomic E-state index is -0.232. The highest BCUT2D eigenvalue weighted by molar-refractivity contribution is 7.11. The van der Waals surface area contributed by atoms with Gasteiger partial charge in [-0.3, -0.25) is 8.75 Å². The third-order valence-electron chi connectivity index (χ3n) is 2.92. The number of hydrogen-bond acceptors (Lipinski definition) is 2. The van der Waals surface area contributed by atoms with E-state index in [2.05, 4.69) is 18.2 Å². The first-order valence-electron chi connectivity index (χ1n) is 5.68. The van der Waals surface area contributed by atoms with Crippen molar-refractivity contribution in [3.63, 3.8) is 0 Å². The van der Waals surface area contributed by atoms with Gasteiger partial charge in [-0.2, -0.15) is 0 Å². The van der Waals surface area contributed by atoms with Gasteiger partial charge in [0.25, 0.3) is 5.56 Å². The summed E-state index contributed by atoms with van der Waals surface area (Å²) in [6, 6.07) is 14.2. The average Bonchev–Trinajstić information content (AvgIpc) is 2.66. The van der Waals surface area contributed by atoms with Crippen molar-refractivity contribution in [2.24, 2.45) is 0 Å². The Hall–Kier alpha value is -1.29. The molecule has 0 unspecified atom stereocenters. The number of fused-ring (bicyclic) bond motifs is 1. The largest absolute Gasteiger partial charge is 0.281 e. The van der Waals surface area contributed by atoms with Crippen LogP contribution in [0, 0.1) is 0 Å². The van der Waals surface area contributed by atoms with E-state index in [1.165, 1.54) is 16.9 Å². The summed E-state index contributed by atoms with van der Waals surface area (Å²) in [5.41, 5.74) is 0.820. The molecular formula is C14H9Cl2NOS. The Morgan fingerprint density at radius 3 is 2.47 bits per heavy atom. The van der Waals surface area contributed by atoms with Crippen LogP contribution >= 0.6 is 34.7 Å². The van der Waals surface area contributed by atoms with Gasteiger partial charge in [-0.15, -0.1) is 0 Å². The summed E-state index contributed by atoms with van der Waals surface area (Å²) >= 11 is 12.8. The number of aromatic nitrogens is 1. The Labute approximate surface area is 124 Å². The van der Waals surface area contributed by atoms with Crippen LogP contribution in [0.1, 0.15) is 5.56 Å². The first-order chi connectivity index (χ1) is 9.15. The minimum Gasteiger partial charge on any atom is -0.267 e. The maximum Gasteiger partial charge on any atom is 0.281 e. The summed E-state index contributed by atoms with van der Waals surface area (Å²) < 4.78 is 1.90. The van der Waals surface area contributed by atoms with Crippen LogP contribution < -0.4 is 5.56 Å².